The number of anilines is 2. The average Bonchev–Trinajstić information content (AvgIpc) is 3.15. The van der Waals surface area contributed by atoms with Gasteiger partial charge in [-0.2, -0.15) is 4.98 Å². The first-order chi connectivity index (χ1) is 14.2. The number of rotatable bonds is 3. The normalized spacial score (nSPS) is 11.2. The summed E-state index contributed by atoms with van der Waals surface area (Å²) in [5.41, 5.74) is 15.3. The molecule has 0 spiro atoms. The third kappa shape index (κ3) is 2.83. The van der Waals surface area contributed by atoms with Gasteiger partial charge >= 0.3 is 0 Å². The molecule has 2 aromatic heterocycles. The standard InChI is InChI=1S/C22H17N5OS/c1-28-15-11-10-12-6-2-3-7-13(12)17(15)19-18(20(23)27-22(24)26-19)21-25-14-8-4-5-9-16(14)29-21/h2-11H,1H3,(H4,23,24,26,27). The Morgan fingerprint density at radius 1 is 0.828 bits per heavy atom. The minimum absolute atomic E-state index is 0.109. The molecule has 0 saturated carbocycles. The van der Waals surface area contributed by atoms with Crippen molar-refractivity contribution < 1.29 is 4.74 Å². The van der Waals surface area contributed by atoms with Crippen molar-refractivity contribution in [3.63, 3.8) is 0 Å². The first-order valence-corrected chi connectivity index (χ1v) is 9.82. The molecule has 5 rings (SSSR count). The summed E-state index contributed by atoms with van der Waals surface area (Å²) in [6.45, 7) is 0. The lowest BCUT2D eigenvalue weighted by Gasteiger charge is -2.15. The van der Waals surface area contributed by atoms with Crippen LogP contribution in [0.1, 0.15) is 0 Å². The fourth-order valence-corrected chi connectivity index (χ4v) is 4.55. The minimum atomic E-state index is 0.109. The van der Waals surface area contributed by atoms with Crippen molar-refractivity contribution in [2.24, 2.45) is 0 Å². The molecule has 0 unspecified atom stereocenters. The highest BCUT2D eigenvalue weighted by Crippen LogP contribution is 2.44. The molecule has 0 fully saturated rings. The first kappa shape index (κ1) is 17.4. The average molecular weight is 399 g/mol. The summed E-state index contributed by atoms with van der Waals surface area (Å²) in [7, 11) is 1.64. The third-order valence-corrected chi connectivity index (χ3v) is 5.86. The molecule has 7 heteroatoms. The number of ether oxygens (including phenoxy) is 1. The number of para-hydroxylation sites is 1. The molecule has 0 aliphatic heterocycles. The summed E-state index contributed by atoms with van der Waals surface area (Å²) in [6, 6.07) is 20.0. The SMILES string of the molecule is COc1ccc2ccccc2c1-c1nc(N)nc(N)c1-c1nc2ccccc2s1. The number of nitrogens with two attached hydrogens (primary N) is 2. The lowest BCUT2D eigenvalue weighted by Crippen LogP contribution is -2.05. The van der Waals surface area contributed by atoms with Gasteiger partial charge in [-0.25, -0.2) is 9.97 Å². The van der Waals surface area contributed by atoms with E-state index in [4.69, 9.17) is 21.2 Å². The predicted molar refractivity (Wildman–Crippen MR) is 119 cm³/mol. The maximum absolute atomic E-state index is 6.34. The van der Waals surface area contributed by atoms with E-state index in [1.165, 1.54) is 0 Å². The van der Waals surface area contributed by atoms with Crippen LogP contribution in [-0.4, -0.2) is 22.1 Å². The summed E-state index contributed by atoms with van der Waals surface area (Å²) in [4.78, 5) is 13.6. The van der Waals surface area contributed by atoms with Crippen LogP contribution in [0.3, 0.4) is 0 Å². The van der Waals surface area contributed by atoms with Gasteiger partial charge in [0.05, 0.1) is 34.1 Å². The van der Waals surface area contributed by atoms with Crippen LogP contribution in [-0.2, 0) is 0 Å². The van der Waals surface area contributed by atoms with Crippen LogP contribution in [0.2, 0.25) is 0 Å². The molecule has 0 atom stereocenters. The summed E-state index contributed by atoms with van der Waals surface area (Å²) >= 11 is 1.55. The predicted octanol–water partition coefficient (Wildman–Crippen LogP) is 4.75. The van der Waals surface area contributed by atoms with Crippen LogP contribution in [0.15, 0.2) is 60.7 Å². The summed E-state index contributed by atoms with van der Waals surface area (Å²) in [5, 5.41) is 2.80. The van der Waals surface area contributed by atoms with E-state index in [9.17, 15) is 0 Å². The van der Waals surface area contributed by atoms with Crippen LogP contribution in [0.4, 0.5) is 11.8 Å². The van der Waals surface area contributed by atoms with Crippen LogP contribution >= 0.6 is 11.3 Å². The molecule has 5 aromatic rings. The number of thiazole rings is 1. The highest BCUT2D eigenvalue weighted by molar-refractivity contribution is 7.21. The largest absolute Gasteiger partial charge is 0.496 e. The van der Waals surface area contributed by atoms with Gasteiger partial charge in [-0.05, 0) is 29.0 Å². The number of hydrogen-bond donors (Lipinski definition) is 2. The van der Waals surface area contributed by atoms with Crippen molar-refractivity contribution in [3.8, 4) is 27.6 Å². The lowest BCUT2D eigenvalue weighted by atomic mass is 9.98. The zero-order chi connectivity index (χ0) is 20.0. The second-order valence-corrected chi connectivity index (χ2v) is 7.57. The molecule has 0 aliphatic carbocycles. The fourth-order valence-electron chi connectivity index (χ4n) is 3.53. The maximum atomic E-state index is 6.34. The topological polar surface area (TPSA) is 99.9 Å². The highest BCUT2D eigenvalue weighted by atomic mass is 32.1. The molecular weight excluding hydrogens is 382 g/mol. The fraction of sp³-hybridized carbons (Fsp3) is 0.0455. The Bertz CT molecular complexity index is 1350. The first-order valence-electron chi connectivity index (χ1n) is 9.00. The van der Waals surface area contributed by atoms with Gasteiger partial charge in [0.15, 0.2) is 0 Å². The molecular formula is C22H17N5OS. The third-order valence-electron chi connectivity index (χ3n) is 4.81. The summed E-state index contributed by atoms with van der Waals surface area (Å²) in [6.07, 6.45) is 0. The van der Waals surface area contributed by atoms with Crippen molar-refractivity contribution in [3.05, 3.63) is 60.7 Å². The molecule has 4 N–H and O–H groups in total. The smallest absolute Gasteiger partial charge is 0.222 e. The van der Waals surface area contributed by atoms with Gasteiger partial charge in [-0.1, -0.05) is 42.5 Å². The summed E-state index contributed by atoms with van der Waals surface area (Å²) in [5.74, 6) is 1.09. The van der Waals surface area contributed by atoms with E-state index in [-0.39, 0.29) is 5.95 Å². The van der Waals surface area contributed by atoms with Crippen molar-refractivity contribution in [2.45, 2.75) is 0 Å². The zero-order valence-electron chi connectivity index (χ0n) is 15.6. The van der Waals surface area contributed by atoms with E-state index >= 15 is 0 Å². The Balaban J connectivity index is 1.89. The van der Waals surface area contributed by atoms with Crippen molar-refractivity contribution in [2.75, 3.05) is 18.6 Å². The van der Waals surface area contributed by atoms with E-state index in [0.717, 1.165) is 31.6 Å². The van der Waals surface area contributed by atoms with Crippen LogP contribution < -0.4 is 16.2 Å². The molecule has 0 bridgehead atoms. The van der Waals surface area contributed by atoms with Crippen molar-refractivity contribution >= 4 is 44.1 Å². The van der Waals surface area contributed by atoms with Crippen molar-refractivity contribution in [1.29, 1.82) is 0 Å². The van der Waals surface area contributed by atoms with Gasteiger partial charge in [0, 0.05) is 0 Å². The van der Waals surface area contributed by atoms with Gasteiger partial charge < -0.3 is 16.2 Å². The zero-order valence-corrected chi connectivity index (χ0v) is 16.4. The molecule has 0 saturated heterocycles. The van der Waals surface area contributed by atoms with E-state index in [1.807, 2.05) is 60.7 Å². The van der Waals surface area contributed by atoms with Gasteiger partial charge in [0.1, 0.15) is 16.6 Å². The number of benzene rings is 3. The quantitative estimate of drug-likeness (QED) is 0.454. The van der Waals surface area contributed by atoms with Gasteiger partial charge in [-0.3, -0.25) is 0 Å². The Morgan fingerprint density at radius 3 is 2.45 bits per heavy atom. The molecule has 0 amide bonds. The molecule has 2 heterocycles. The van der Waals surface area contributed by atoms with E-state index in [1.54, 1.807) is 18.4 Å². The summed E-state index contributed by atoms with van der Waals surface area (Å²) < 4.78 is 6.74. The van der Waals surface area contributed by atoms with Crippen LogP contribution in [0.25, 0.3) is 42.8 Å². The van der Waals surface area contributed by atoms with Gasteiger partial charge in [0.25, 0.3) is 0 Å². The Hall–Kier alpha value is -3.71. The molecule has 0 radical (unpaired) electrons. The number of fused-ring (bicyclic) bond motifs is 2. The monoisotopic (exact) mass is 399 g/mol. The minimum Gasteiger partial charge on any atom is -0.496 e. The van der Waals surface area contributed by atoms with E-state index in [0.29, 0.717) is 22.8 Å². The van der Waals surface area contributed by atoms with Crippen molar-refractivity contribution in [1.82, 2.24) is 15.0 Å². The molecule has 0 aliphatic rings. The van der Waals surface area contributed by atoms with E-state index in [2.05, 4.69) is 9.97 Å². The number of aromatic nitrogens is 3. The molecule has 6 nitrogen and oxygen atoms in total. The number of nitrogen functional groups attached to an aromatic ring is 2. The number of nitrogens with zero attached hydrogens (tertiary/aromatic N) is 3. The highest BCUT2D eigenvalue weighted by Gasteiger charge is 2.23. The second-order valence-electron chi connectivity index (χ2n) is 6.54. The maximum Gasteiger partial charge on any atom is 0.222 e. The van der Waals surface area contributed by atoms with Gasteiger partial charge in [0.2, 0.25) is 5.95 Å². The Labute approximate surface area is 170 Å². The second kappa shape index (κ2) is 6.72. The molecule has 142 valence electrons. The molecule has 29 heavy (non-hydrogen) atoms. The van der Waals surface area contributed by atoms with E-state index < -0.39 is 0 Å². The van der Waals surface area contributed by atoms with Crippen LogP contribution in [0, 0.1) is 0 Å². The Morgan fingerprint density at radius 2 is 1.62 bits per heavy atom. The van der Waals surface area contributed by atoms with Crippen LogP contribution in [0.5, 0.6) is 5.75 Å². The molecule has 3 aromatic carbocycles. The van der Waals surface area contributed by atoms with Gasteiger partial charge in [-0.15, -0.1) is 11.3 Å². The Kier molecular flexibility index (Phi) is 4.03. The number of hydrogen-bond acceptors (Lipinski definition) is 7. The number of methoxy groups -OCH3 is 1. The lowest BCUT2D eigenvalue weighted by molar-refractivity contribution is 0.417.